The van der Waals surface area contributed by atoms with Crippen LogP contribution in [0.4, 0.5) is 5.69 Å². The number of aliphatic hydroxyl groups excluding tert-OH is 1. The number of hydrogen-bond donors (Lipinski definition) is 3. The monoisotopic (exact) mass is 384 g/mol. The Morgan fingerprint density at radius 2 is 1.96 bits per heavy atom. The molecule has 0 aliphatic heterocycles. The number of benzene rings is 2. The zero-order chi connectivity index (χ0) is 17.7. The molecule has 2 aromatic rings. The molecule has 0 spiro atoms. The fourth-order valence-electron chi connectivity index (χ4n) is 2.18. The van der Waals surface area contributed by atoms with E-state index in [9.17, 15) is 10.2 Å². The van der Waals surface area contributed by atoms with E-state index in [1.165, 1.54) is 6.07 Å². The van der Waals surface area contributed by atoms with Crippen molar-refractivity contribution in [2.45, 2.75) is 13.0 Å². The topological polar surface area (TPSA) is 55.7 Å². The van der Waals surface area contributed by atoms with Gasteiger partial charge in [-0.05, 0) is 55.0 Å². The maximum absolute atomic E-state index is 10.4. The normalized spacial score (nSPS) is 11.8. The van der Waals surface area contributed by atoms with E-state index in [-0.39, 0.29) is 5.75 Å². The van der Waals surface area contributed by atoms with Crippen molar-refractivity contribution >= 4 is 46.2 Å². The molecule has 0 saturated carbocycles. The number of aliphatic hydroxyl groups is 1. The second-order valence-corrected chi connectivity index (χ2v) is 6.41. The molecule has 0 radical (unpaired) electrons. The quantitative estimate of drug-likeness (QED) is 0.664. The van der Waals surface area contributed by atoms with Crippen LogP contribution in [0.15, 0.2) is 42.5 Å². The number of phenolic OH excluding ortho intramolecular Hbond substituents is 1. The average Bonchev–Trinajstić information content (AvgIpc) is 2.55. The molecule has 0 fully saturated rings. The highest BCUT2D eigenvalue weighted by molar-refractivity contribution is 7.80. The molecule has 0 heterocycles. The Morgan fingerprint density at radius 3 is 2.58 bits per heavy atom. The van der Waals surface area contributed by atoms with E-state index in [1.54, 1.807) is 36.4 Å². The van der Waals surface area contributed by atoms with Crippen LogP contribution >= 0.6 is 35.4 Å². The third kappa shape index (κ3) is 4.98. The molecule has 1 atom stereocenters. The highest BCUT2D eigenvalue weighted by Gasteiger charge is 2.15. The first kappa shape index (κ1) is 18.8. The molecule has 1 unspecified atom stereocenters. The van der Waals surface area contributed by atoms with E-state index < -0.39 is 6.10 Å². The number of thiocarbonyl (C=S) groups is 1. The van der Waals surface area contributed by atoms with Gasteiger partial charge in [0.1, 0.15) is 5.75 Å². The van der Waals surface area contributed by atoms with Crippen molar-refractivity contribution in [2.24, 2.45) is 0 Å². The minimum Gasteiger partial charge on any atom is -0.508 e. The van der Waals surface area contributed by atoms with Gasteiger partial charge in [0.05, 0.1) is 22.7 Å². The Hall–Kier alpha value is -1.53. The molecule has 4 nitrogen and oxygen atoms in total. The van der Waals surface area contributed by atoms with Gasteiger partial charge in [-0.2, -0.15) is 0 Å². The highest BCUT2D eigenvalue weighted by Crippen LogP contribution is 2.25. The van der Waals surface area contributed by atoms with Gasteiger partial charge in [-0.15, -0.1) is 0 Å². The van der Waals surface area contributed by atoms with Crippen LogP contribution < -0.4 is 5.32 Å². The minimum atomic E-state index is -0.773. The molecule has 128 valence electrons. The Morgan fingerprint density at radius 1 is 1.21 bits per heavy atom. The number of phenols is 1. The second-order valence-electron chi connectivity index (χ2n) is 5.21. The fraction of sp³-hybridized carbons (Fsp3) is 0.235. The number of likely N-dealkylation sites (N-methyl/N-ethyl adjacent to an activating group) is 1. The largest absolute Gasteiger partial charge is 0.508 e. The zero-order valence-corrected chi connectivity index (χ0v) is 15.4. The third-order valence-corrected chi connectivity index (χ3v) is 4.59. The third-order valence-electron chi connectivity index (χ3n) is 3.49. The predicted molar refractivity (Wildman–Crippen MR) is 103 cm³/mol. The van der Waals surface area contributed by atoms with E-state index >= 15 is 0 Å². The Labute approximate surface area is 156 Å². The summed E-state index contributed by atoms with van der Waals surface area (Å²) < 4.78 is 0. The first-order valence-electron chi connectivity index (χ1n) is 7.38. The summed E-state index contributed by atoms with van der Waals surface area (Å²) in [4.78, 5) is 1.83. The summed E-state index contributed by atoms with van der Waals surface area (Å²) in [6.07, 6.45) is -0.773. The molecule has 24 heavy (non-hydrogen) atoms. The molecular weight excluding hydrogens is 367 g/mol. The van der Waals surface area contributed by atoms with Gasteiger partial charge in [0, 0.05) is 12.2 Å². The van der Waals surface area contributed by atoms with Crippen LogP contribution in [-0.4, -0.2) is 33.3 Å². The molecule has 3 N–H and O–H groups in total. The Balaban J connectivity index is 2.04. The van der Waals surface area contributed by atoms with Crippen molar-refractivity contribution in [2.75, 3.05) is 18.4 Å². The summed E-state index contributed by atoms with van der Waals surface area (Å²) in [5, 5.41) is 24.3. The second kappa shape index (κ2) is 8.53. The number of nitrogens with zero attached hydrogens (tertiary/aromatic N) is 1. The van der Waals surface area contributed by atoms with Gasteiger partial charge < -0.3 is 20.4 Å². The molecule has 0 aliphatic rings. The first-order chi connectivity index (χ1) is 11.4. The molecule has 2 aromatic carbocycles. The molecular formula is C17H18Cl2N2O2S. The van der Waals surface area contributed by atoms with Gasteiger partial charge in [-0.1, -0.05) is 35.3 Å². The number of anilines is 1. The van der Waals surface area contributed by atoms with Crippen LogP contribution in [0.1, 0.15) is 18.6 Å². The van der Waals surface area contributed by atoms with E-state index in [1.807, 2.05) is 11.8 Å². The van der Waals surface area contributed by atoms with Crippen molar-refractivity contribution < 1.29 is 10.2 Å². The molecule has 0 aliphatic carbocycles. The molecule has 0 saturated heterocycles. The standard InChI is InChI=1S/C17H18Cl2N2O2S/c1-2-21(10-16(23)11-4-3-5-13(22)8-11)17(24)20-12-6-7-14(18)15(19)9-12/h3-9,16,22-23H,2,10H2,1H3,(H,20,24). The zero-order valence-electron chi connectivity index (χ0n) is 13.0. The van der Waals surface area contributed by atoms with Crippen LogP contribution in [0.25, 0.3) is 0 Å². The van der Waals surface area contributed by atoms with Gasteiger partial charge in [0.15, 0.2) is 5.11 Å². The molecule has 0 bridgehead atoms. The fourth-order valence-corrected chi connectivity index (χ4v) is 2.80. The van der Waals surface area contributed by atoms with E-state index in [0.29, 0.717) is 33.8 Å². The van der Waals surface area contributed by atoms with Crippen molar-refractivity contribution in [3.63, 3.8) is 0 Å². The van der Waals surface area contributed by atoms with Gasteiger partial charge >= 0.3 is 0 Å². The lowest BCUT2D eigenvalue weighted by Gasteiger charge is -2.27. The van der Waals surface area contributed by atoms with Crippen LogP contribution in [0.3, 0.4) is 0 Å². The highest BCUT2D eigenvalue weighted by atomic mass is 35.5. The molecule has 0 amide bonds. The number of aromatic hydroxyl groups is 1. The van der Waals surface area contributed by atoms with Crippen molar-refractivity contribution in [3.05, 3.63) is 58.1 Å². The molecule has 7 heteroatoms. The summed E-state index contributed by atoms with van der Waals surface area (Å²) in [7, 11) is 0. The van der Waals surface area contributed by atoms with Crippen molar-refractivity contribution in [1.29, 1.82) is 0 Å². The Kier molecular flexibility index (Phi) is 6.69. The van der Waals surface area contributed by atoms with Crippen LogP contribution in [0.2, 0.25) is 10.0 Å². The van der Waals surface area contributed by atoms with Gasteiger partial charge in [-0.3, -0.25) is 0 Å². The maximum atomic E-state index is 10.4. The van der Waals surface area contributed by atoms with E-state index in [4.69, 9.17) is 35.4 Å². The first-order valence-corrected chi connectivity index (χ1v) is 8.55. The van der Waals surface area contributed by atoms with Gasteiger partial charge in [-0.25, -0.2) is 0 Å². The average molecular weight is 385 g/mol. The number of halogens is 2. The van der Waals surface area contributed by atoms with Crippen LogP contribution in [0, 0.1) is 0 Å². The lowest BCUT2D eigenvalue weighted by molar-refractivity contribution is 0.146. The summed E-state index contributed by atoms with van der Waals surface area (Å²) in [6.45, 7) is 2.86. The summed E-state index contributed by atoms with van der Waals surface area (Å²) in [5.74, 6) is 0.117. The molecule has 0 aromatic heterocycles. The smallest absolute Gasteiger partial charge is 0.173 e. The predicted octanol–water partition coefficient (Wildman–Crippen LogP) is 4.45. The van der Waals surface area contributed by atoms with E-state index in [0.717, 1.165) is 5.69 Å². The number of rotatable bonds is 5. The van der Waals surface area contributed by atoms with Gasteiger partial charge in [0.25, 0.3) is 0 Å². The SMILES string of the molecule is CCN(CC(O)c1cccc(O)c1)C(=S)Nc1ccc(Cl)c(Cl)c1. The number of hydrogen-bond acceptors (Lipinski definition) is 3. The van der Waals surface area contributed by atoms with Crippen molar-refractivity contribution in [1.82, 2.24) is 4.90 Å². The summed E-state index contributed by atoms with van der Waals surface area (Å²) in [5.41, 5.74) is 1.35. The van der Waals surface area contributed by atoms with Gasteiger partial charge in [0.2, 0.25) is 0 Å². The van der Waals surface area contributed by atoms with Crippen LogP contribution in [-0.2, 0) is 0 Å². The van der Waals surface area contributed by atoms with E-state index in [2.05, 4.69) is 5.32 Å². The Bertz CT molecular complexity index is 727. The maximum Gasteiger partial charge on any atom is 0.173 e. The number of nitrogens with one attached hydrogen (secondary N) is 1. The van der Waals surface area contributed by atoms with Crippen LogP contribution in [0.5, 0.6) is 5.75 Å². The summed E-state index contributed by atoms with van der Waals surface area (Å²) >= 11 is 17.3. The lowest BCUT2D eigenvalue weighted by atomic mass is 10.1. The minimum absolute atomic E-state index is 0.117. The van der Waals surface area contributed by atoms with Crippen molar-refractivity contribution in [3.8, 4) is 5.75 Å². The molecule has 2 rings (SSSR count). The summed E-state index contributed by atoms with van der Waals surface area (Å²) in [6, 6.07) is 11.7. The lowest BCUT2D eigenvalue weighted by Crippen LogP contribution is -2.37.